The molecule has 1 fully saturated rings. The van der Waals surface area contributed by atoms with Gasteiger partial charge in [0.25, 0.3) is 0 Å². The van der Waals surface area contributed by atoms with Gasteiger partial charge in [0.05, 0.1) is 12.4 Å². The lowest BCUT2D eigenvalue weighted by Gasteiger charge is -2.30. The van der Waals surface area contributed by atoms with Gasteiger partial charge in [-0.25, -0.2) is 12.7 Å². The Hall–Kier alpha value is -1.44. The van der Waals surface area contributed by atoms with E-state index in [0.29, 0.717) is 25.9 Å². The number of carbonyl (C=O) groups excluding carboxylic acids is 1. The monoisotopic (exact) mass is 368 g/mol. The number of rotatable bonds is 6. The number of hydrogen-bond donors (Lipinski definition) is 1. The minimum atomic E-state index is -3.30. The number of nitrogens with one attached hydrogen (secondary N) is 1. The molecule has 1 aliphatic rings. The Bertz CT molecular complexity index is 700. The van der Waals surface area contributed by atoms with E-state index in [0.717, 1.165) is 16.8 Å². The number of amides is 1. The minimum Gasteiger partial charge on any atom is -0.384 e. The van der Waals surface area contributed by atoms with Gasteiger partial charge < -0.3 is 10.1 Å². The standard InChI is InChI=1S/C18H28N2O4S/c1-13-11-14(2)17(15(3)12-13)19-18(21)16-5-7-20(8-6-16)25(22,23)10-9-24-4/h11-12,16H,5-10H2,1-4H3,(H,19,21). The Balaban J connectivity index is 1.96. The maximum Gasteiger partial charge on any atom is 0.227 e. The van der Waals surface area contributed by atoms with Crippen LogP contribution in [0, 0.1) is 26.7 Å². The van der Waals surface area contributed by atoms with Crippen molar-refractivity contribution in [1.29, 1.82) is 0 Å². The number of anilines is 1. The first-order valence-electron chi connectivity index (χ1n) is 8.60. The average molecular weight is 368 g/mol. The van der Waals surface area contributed by atoms with Crippen LogP contribution in [0.2, 0.25) is 0 Å². The van der Waals surface area contributed by atoms with Crippen LogP contribution >= 0.6 is 0 Å². The maximum atomic E-state index is 12.6. The highest BCUT2D eigenvalue weighted by Gasteiger charge is 2.31. The highest BCUT2D eigenvalue weighted by atomic mass is 32.2. The highest BCUT2D eigenvalue weighted by Crippen LogP contribution is 2.25. The molecule has 7 heteroatoms. The molecule has 6 nitrogen and oxygen atoms in total. The lowest BCUT2D eigenvalue weighted by molar-refractivity contribution is -0.120. The predicted molar refractivity (Wildman–Crippen MR) is 99.2 cm³/mol. The van der Waals surface area contributed by atoms with E-state index in [4.69, 9.17) is 4.74 Å². The summed E-state index contributed by atoms with van der Waals surface area (Å²) in [5.41, 5.74) is 4.13. The summed E-state index contributed by atoms with van der Waals surface area (Å²) >= 11 is 0. The molecule has 1 N–H and O–H groups in total. The summed E-state index contributed by atoms with van der Waals surface area (Å²) in [6.07, 6.45) is 1.09. The molecule has 0 aliphatic carbocycles. The van der Waals surface area contributed by atoms with Crippen LogP contribution in [0.5, 0.6) is 0 Å². The normalized spacial score (nSPS) is 16.8. The third-order valence-corrected chi connectivity index (χ3v) is 6.52. The zero-order valence-electron chi connectivity index (χ0n) is 15.5. The van der Waals surface area contributed by atoms with Crippen molar-refractivity contribution in [3.05, 3.63) is 28.8 Å². The van der Waals surface area contributed by atoms with Gasteiger partial charge in [-0.3, -0.25) is 4.79 Å². The molecule has 1 amide bonds. The molecular formula is C18H28N2O4S. The Morgan fingerprint density at radius 2 is 1.76 bits per heavy atom. The molecule has 0 atom stereocenters. The van der Waals surface area contributed by atoms with Crippen LogP contribution in [0.15, 0.2) is 12.1 Å². The van der Waals surface area contributed by atoms with Crippen molar-refractivity contribution in [3.8, 4) is 0 Å². The van der Waals surface area contributed by atoms with Crippen LogP contribution in [0.1, 0.15) is 29.5 Å². The van der Waals surface area contributed by atoms with E-state index in [1.165, 1.54) is 17.0 Å². The van der Waals surface area contributed by atoms with E-state index in [9.17, 15) is 13.2 Å². The van der Waals surface area contributed by atoms with Crippen molar-refractivity contribution < 1.29 is 17.9 Å². The van der Waals surface area contributed by atoms with Crippen LogP contribution < -0.4 is 5.32 Å². The Morgan fingerprint density at radius 1 is 1.20 bits per heavy atom. The number of benzene rings is 1. The SMILES string of the molecule is COCCS(=O)(=O)N1CCC(C(=O)Nc2c(C)cc(C)cc2C)CC1. The van der Waals surface area contributed by atoms with E-state index in [-0.39, 0.29) is 24.2 Å². The van der Waals surface area contributed by atoms with Gasteiger partial charge in [-0.05, 0) is 44.7 Å². The van der Waals surface area contributed by atoms with Gasteiger partial charge in [0.15, 0.2) is 0 Å². The van der Waals surface area contributed by atoms with Crippen LogP contribution in [0.4, 0.5) is 5.69 Å². The second-order valence-electron chi connectivity index (χ2n) is 6.75. The number of hydrogen-bond acceptors (Lipinski definition) is 4. The van der Waals surface area contributed by atoms with Gasteiger partial charge in [-0.2, -0.15) is 0 Å². The van der Waals surface area contributed by atoms with Gasteiger partial charge in [-0.1, -0.05) is 17.7 Å². The molecule has 0 aromatic heterocycles. The van der Waals surface area contributed by atoms with Crippen LogP contribution in [-0.4, -0.2) is 51.2 Å². The lowest BCUT2D eigenvalue weighted by Crippen LogP contribution is -2.42. The summed E-state index contributed by atoms with van der Waals surface area (Å²) in [4.78, 5) is 12.6. The van der Waals surface area contributed by atoms with E-state index in [2.05, 4.69) is 5.32 Å². The maximum absolute atomic E-state index is 12.6. The quantitative estimate of drug-likeness (QED) is 0.835. The molecule has 25 heavy (non-hydrogen) atoms. The summed E-state index contributed by atoms with van der Waals surface area (Å²) in [7, 11) is -1.81. The average Bonchev–Trinajstić information content (AvgIpc) is 2.56. The van der Waals surface area contributed by atoms with E-state index in [1.54, 1.807) is 0 Å². The molecule has 0 bridgehead atoms. The number of carbonyl (C=O) groups is 1. The highest BCUT2D eigenvalue weighted by molar-refractivity contribution is 7.89. The molecule has 0 unspecified atom stereocenters. The molecule has 0 spiro atoms. The first-order chi connectivity index (χ1) is 11.7. The summed E-state index contributed by atoms with van der Waals surface area (Å²) in [6.45, 7) is 6.97. The Morgan fingerprint density at radius 3 is 2.28 bits per heavy atom. The number of nitrogens with zero attached hydrogens (tertiary/aromatic N) is 1. The van der Waals surface area contributed by atoms with E-state index >= 15 is 0 Å². The number of piperidine rings is 1. The summed E-state index contributed by atoms with van der Waals surface area (Å²) in [5, 5.41) is 3.04. The topological polar surface area (TPSA) is 75.7 Å². The molecule has 140 valence electrons. The zero-order valence-corrected chi connectivity index (χ0v) is 16.3. The largest absolute Gasteiger partial charge is 0.384 e. The fourth-order valence-corrected chi connectivity index (χ4v) is 4.72. The lowest BCUT2D eigenvalue weighted by atomic mass is 9.96. The number of aryl methyl sites for hydroxylation is 3. The van der Waals surface area contributed by atoms with Crippen LogP contribution in [0.3, 0.4) is 0 Å². The molecular weight excluding hydrogens is 340 g/mol. The fourth-order valence-electron chi connectivity index (χ4n) is 3.32. The third-order valence-electron chi connectivity index (χ3n) is 4.69. The number of sulfonamides is 1. The first kappa shape index (κ1) is 19.9. The van der Waals surface area contributed by atoms with E-state index < -0.39 is 10.0 Å². The molecule has 0 saturated carbocycles. The minimum absolute atomic E-state index is 0.0118. The zero-order chi connectivity index (χ0) is 18.6. The first-order valence-corrected chi connectivity index (χ1v) is 10.2. The van der Waals surface area contributed by atoms with Gasteiger partial charge in [0, 0.05) is 31.8 Å². The molecule has 1 heterocycles. The smallest absolute Gasteiger partial charge is 0.227 e. The van der Waals surface area contributed by atoms with Gasteiger partial charge in [0.1, 0.15) is 0 Å². The molecule has 1 aromatic carbocycles. The van der Waals surface area contributed by atoms with Crippen molar-refractivity contribution in [1.82, 2.24) is 4.31 Å². The second kappa shape index (κ2) is 8.29. The molecule has 1 aromatic rings. The van der Waals surface area contributed by atoms with Gasteiger partial charge in [-0.15, -0.1) is 0 Å². The molecule has 1 aliphatic heterocycles. The Labute approximate surface area is 150 Å². The predicted octanol–water partition coefficient (Wildman–Crippen LogP) is 2.24. The van der Waals surface area contributed by atoms with E-state index in [1.807, 2.05) is 32.9 Å². The van der Waals surface area contributed by atoms with Crippen molar-refractivity contribution in [2.24, 2.45) is 5.92 Å². The van der Waals surface area contributed by atoms with Crippen molar-refractivity contribution in [2.75, 3.05) is 37.9 Å². The Kier molecular flexibility index (Phi) is 6.59. The summed E-state index contributed by atoms with van der Waals surface area (Å²) in [5.74, 6) is -0.194. The third kappa shape index (κ3) is 5.03. The second-order valence-corrected chi connectivity index (χ2v) is 8.83. The van der Waals surface area contributed by atoms with Gasteiger partial charge >= 0.3 is 0 Å². The van der Waals surface area contributed by atoms with Crippen LogP contribution in [0.25, 0.3) is 0 Å². The van der Waals surface area contributed by atoms with Crippen LogP contribution in [-0.2, 0) is 19.6 Å². The number of ether oxygens (including phenoxy) is 1. The van der Waals surface area contributed by atoms with Crippen molar-refractivity contribution >= 4 is 21.6 Å². The molecule has 0 radical (unpaired) electrons. The molecule has 1 saturated heterocycles. The van der Waals surface area contributed by atoms with Gasteiger partial charge in [0.2, 0.25) is 15.9 Å². The summed E-state index contributed by atoms with van der Waals surface area (Å²) in [6, 6.07) is 4.10. The fraction of sp³-hybridized carbons (Fsp3) is 0.611. The molecule has 2 rings (SSSR count). The van der Waals surface area contributed by atoms with Crippen molar-refractivity contribution in [3.63, 3.8) is 0 Å². The van der Waals surface area contributed by atoms with Crippen molar-refractivity contribution in [2.45, 2.75) is 33.6 Å². The number of methoxy groups -OCH3 is 1. The summed E-state index contributed by atoms with van der Waals surface area (Å²) < 4.78 is 30.7.